The third-order valence-corrected chi connectivity index (χ3v) is 8.09. The van der Waals surface area contributed by atoms with Crippen LogP contribution >= 0.6 is 0 Å². The summed E-state index contributed by atoms with van der Waals surface area (Å²) in [4.78, 5) is 31.6. The number of fused-ring (bicyclic) bond motifs is 1. The van der Waals surface area contributed by atoms with Gasteiger partial charge >= 0.3 is 0 Å². The molecule has 3 aliphatic rings. The molecule has 2 saturated carbocycles. The Morgan fingerprint density at radius 1 is 1.14 bits per heavy atom. The van der Waals surface area contributed by atoms with Crippen LogP contribution in [0, 0.1) is 22.5 Å². The number of aromatic nitrogens is 3. The number of carbonyl (C=O) groups is 2. The van der Waals surface area contributed by atoms with Gasteiger partial charge in [0.1, 0.15) is 29.0 Å². The van der Waals surface area contributed by atoms with Crippen molar-refractivity contribution in [2.45, 2.75) is 57.4 Å². The highest BCUT2D eigenvalue weighted by molar-refractivity contribution is 6.21. The predicted molar refractivity (Wildman–Crippen MR) is 147 cm³/mol. The molecule has 0 bridgehead atoms. The smallest absolute Gasteiger partial charge is 0.276 e. The zero-order valence-electron chi connectivity index (χ0n) is 23.0. The summed E-state index contributed by atoms with van der Waals surface area (Å²) in [5, 5.41) is 21.1. The lowest BCUT2D eigenvalue weighted by Crippen LogP contribution is -2.52. The zero-order chi connectivity index (χ0) is 29.8. The van der Waals surface area contributed by atoms with Gasteiger partial charge in [0.15, 0.2) is 11.5 Å². The van der Waals surface area contributed by atoms with Crippen LogP contribution < -0.4 is 21.1 Å². The Balaban J connectivity index is 1.35. The molecule has 2 aliphatic carbocycles. The maximum atomic E-state index is 15.2. The molecule has 218 valence electrons. The summed E-state index contributed by atoms with van der Waals surface area (Å²) in [5.41, 5.74) is 6.75. The summed E-state index contributed by atoms with van der Waals surface area (Å²) in [6, 6.07) is 4.01. The van der Waals surface area contributed by atoms with E-state index in [1.807, 2.05) is 0 Å². The van der Waals surface area contributed by atoms with E-state index >= 15 is 4.39 Å². The molecule has 2 atom stereocenters. The van der Waals surface area contributed by atoms with Gasteiger partial charge in [0.25, 0.3) is 5.91 Å². The van der Waals surface area contributed by atoms with Gasteiger partial charge in [-0.25, -0.2) is 13.4 Å². The van der Waals surface area contributed by atoms with Crippen LogP contribution in [0.15, 0.2) is 40.8 Å². The minimum Gasteiger partial charge on any atom is -0.493 e. The quantitative estimate of drug-likeness (QED) is 0.291. The number of hydrogen-bond acceptors (Lipinski definition) is 9. The number of amides is 2. The maximum absolute atomic E-state index is 15.2. The van der Waals surface area contributed by atoms with Gasteiger partial charge in [0, 0.05) is 51.9 Å². The maximum Gasteiger partial charge on any atom is 0.276 e. The van der Waals surface area contributed by atoms with E-state index in [-0.39, 0.29) is 46.6 Å². The highest BCUT2D eigenvalue weighted by Crippen LogP contribution is 2.61. The predicted octanol–water partition coefficient (Wildman–Crippen LogP) is 4.04. The van der Waals surface area contributed by atoms with Crippen LogP contribution in [-0.4, -0.2) is 45.5 Å². The summed E-state index contributed by atoms with van der Waals surface area (Å²) < 4.78 is 40.0. The highest BCUT2D eigenvalue weighted by atomic mass is 19.1. The standard InChI is InChI=1S/C29H29F2N7O4/c1-13(32)21(14(2)33)24-19(31)10-17(11-34-24)35-27(39)25(36-28(40)26-23(15-3-4-15)37-42-38-26)22-18-6-5-16(30)9-20(18)41-12-29(22)7-8-29/h5-6,9-11,15,22,25,32H,3-4,7-8,12,33H2,1-2H3,(H,35,39)(H,36,40)/t22?,25-/m0/s1. The van der Waals surface area contributed by atoms with Crippen LogP contribution in [0.2, 0.25) is 0 Å². The summed E-state index contributed by atoms with van der Waals surface area (Å²) >= 11 is 0. The number of benzene rings is 1. The minimum absolute atomic E-state index is 0.00193. The first-order chi connectivity index (χ1) is 20.1. The van der Waals surface area contributed by atoms with Gasteiger partial charge in [-0.3, -0.25) is 14.6 Å². The Morgan fingerprint density at radius 2 is 1.90 bits per heavy atom. The van der Waals surface area contributed by atoms with Crippen molar-refractivity contribution < 1.29 is 27.7 Å². The van der Waals surface area contributed by atoms with E-state index in [9.17, 15) is 14.0 Å². The van der Waals surface area contributed by atoms with E-state index in [1.54, 1.807) is 13.0 Å². The van der Waals surface area contributed by atoms with Crippen LogP contribution in [0.4, 0.5) is 14.5 Å². The molecule has 1 aliphatic heterocycles. The van der Waals surface area contributed by atoms with E-state index in [2.05, 4.69) is 25.9 Å². The lowest BCUT2D eigenvalue weighted by Gasteiger charge is -2.38. The monoisotopic (exact) mass is 577 g/mol. The first-order valence-corrected chi connectivity index (χ1v) is 13.6. The molecule has 3 heterocycles. The topological polar surface area (TPSA) is 169 Å². The Bertz CT molecular complexity index is 1640. The van der Waals surface area contributed by atoms with Gasteiger partial charge in [-0.2, -0.15) is 0 Å². The summed E-state index contributed by atoms with van der Waals surface area (Å²) in [6.07, 6.45) is 4.43. The van der Waals surface area contributed by atoms with Crippen LogP contribution in [-0.2, 0) is 4.79 Å². The van der Waals surface area contributed by atoms with E-state index < -0.39 is 40.8 Å². The molecular weight excluding hydrogens is 548 g/mol. The number of carbonyl (C=O) groups excluding carboxylic acids is 2. The number of nitrogens with two attached hydrogens (primary N) is 1. The van der Waals surface area contributed by atoms with E-state index in [0.717, 1.165) is 31.7 Å². The second-order valence-electron chi connectivity index (χ2n) is 11.3. The average molecular weight is 578 g/mol. The number of allylic oxidation sites excluding steroid dienone is 2. The second-order valence-corrected chi connectivity index (χ2v) is 11.3. The fraction of sp³-hybridized carbons (Fsp3) is 0.379. The summed E-state index contributed by atoms with van der Waals surface area (Å²) in [6.45, 7) is 3.26. The molecule has 2 aromatic heterocycles. The van der Waals surface area contributed by atoms with Gasteiger partial charge in [-0.15, -0.1) is 0 Å². The first-order valence-electron chi connectivity index (χ1n) is 13.6. The normalized spacial score (nSPS) is 19.7. The molecule has 5 N–H and O–H groups in total. The molecule has 1 unspecified atom stereocenters. The van der Waals surface area contributed by atoms with E-state index in [0.29, 0.717) is 17.0 Å². The van der Waals surface area contributed by atoms with Crippen molar-refractivity contribution >= 4 is 28.8 Å². The molecule has 6 rings (SSSR count). The van der Waals surface area contributed by atoms with Crippen molar-refractivity contribution in [3.63, 3.8) is 0 Å². The zero-order valence-corrected chi connectivity index (χ0v) is 23.0. The van der Waals surface area contributed by atoms with E-state index in [4.69, 9.17) is 20.5 Å². The van der Waals surface area contributed by atoms with Gasteiger partial charge < -0.3 is 26.5 Å². The van der Waals surface area contributed by atoms with Crippen molar-refractivity contribution in [3.05, 3.63) is 70.4 Å². The van der Waals surface area contributed by atoms with Gasteiger partial charge in [0.05, 0.1) is 18.5 Å². The molecule has 1 spiro atoms. The van der Waals surface area contributed by atoms with Crippen LogP contribution in [0.5, 0.6) is 5.75 Å². The highest BCUT2D eigenvalue weighted by Gasteiger charge is 2.58. The number of rotatable bonds is 8. The molecule has 2 fully saturated rings. The van der Waals surface area contributed by atoms with Crippen molar-refractivity contribution in [2.75, 3.05) is 11.9 Å². The van der Waals surface area contributed by atoms with Crippen LogP contribution in [0.3, 0.4) is 0 Å². The van der Waals surface area contributed by atoms with Crippen LogP contribution in [0.1, 0.15) is 78.8 Å². The summed E-state index contributed by atoms with van der Waals surface area (Å²) in [7, 11) is 0. The molecule has 13 heteroatoms. The Morgan fingerprint density at radius 3 is 2.55 bits per heavy atom. The molecule has 0 radical (unpaired) electrons. The van der Waals surface area contributed by atoms with Crippen LogP contribution in [0.25, 0.3) is 5.57 Å². The van der Waals surface area contributed by atoms with Crippen molar-refractivity contribution in [2.24, 2.45) is 11.1 Å². The molecular formula is C29H29F2N7O4. The Labute approximate surface area is 239 Å². The molecule has 11 nitrogen and oxygen atoms in total. The number of nitrogens with one attached hydrogen (secondary N) is 3. The third kappa shape index (κ3) is 4.99. The second kappa shape index (κ2) is 10.3. The average Bonchev–Trinajstić information content (AvgIpc) is 3.87. The number of pyridine rings is 1. The first kappa shape index (κ1) is 27.5. The fourth-order valence-corrected chi connectivity index (χ4v) is 5.74. The Kier molecular flexibility index (Phi) is 6.74. The van der Waals surface area contributed by atoms with Gasteiger partial charge in [-0.05, 0) is 50.8 Å². The van der Waals surface area contributed by atoms with Crippen molar-refractivity contribution in [3.8, 4) is 5.75 Å². The largest absolute Gasteiger partial charge is 0.493 e. The van der Waals surface area contributed by atoms with Gasteiger partial charge in [0.2, 0.25) is 5.91 Å². The Hall–Kier alpha value is -4.68. The van der Waals surface area contributed by atoms with E-state index in [1.165, 1.54) is 25.3 Å². The minimum atomic E-state index is -1.18. The lowest BCUT2D eigenvalue weighted by molar-refractivity contribution is -0.119. The fourth-order valence-electron chi connectivity index (χ4n) is 5.74. The van der Waals surface area contributed by atoms with Gasteiger partial charge in [-0.1, -0.05) is 11.2 Å². The number of halogens is 2. The number of ether oxygens (including phenoxy) is 1. The molecule has 42 heavy (non-hydrogen) atoms. The number of anilines is 1. The lowest BCUT2D eigenvalue weighted by atomic mass is 9.75. The number of hydrogen-bond donors (Lipinski definition) is 4. The van der Waals surface area contributed by atoms with Crippen molar-refractivity contribution in [1.29, 1.82) is 5.41 Å². The number of nitrogens with zero attached hydrogens (tertiary/aromatic N) is 3. The summed E-state index contributed by atoms with van der Waals surface area (Å²) in [5.74, 6) is -2.77. The third-order valence-electron chi connectivity index (χ3n) is 8.09. The molecule has 1 aromatic carbocycles. The van der Waals surface area contributed by atoms with Crippen molar-refractivity contribution in [1.82, 2.24) is 20.6 Å². The molecule has 0 saturated heterocycles. The molecule has 3 aromatic rings. The SMILES string of the molecule is CC(=N)C(=C(C)N)c1ncc(NC(=O)[C@@H](NC(=O)c2nonc2C2CC2)C2c3ccc(F)cc3OCC23CC3)cc1F. The molecule has 2 amide bonds.